The fourth-order valence-corrected chi connectivity index (χ4v) is 2.64. The second-order valence-electron chi connectivity index (χ2n) is 5.12. The standard InChI is InChI=1S/C16H12F3N5OS/c17-16(18,19)11-4-1-5-12(7-11)21-13(25)9-26-15-22-14(23-24-15)10-3-2-6-20-8-10/h1-8H,9H2,(H,21,25)(H,22,23,24). The van der Waals surface area contributed by atoms with E-state index in [1.54, 1.807) is 18.5 Å². The zero-order valence-corrected chi connectivity index (χ0v) is 13.9. The zero-order valence-electron chi connectivity index (χ0n) is 13.1. The molecular formula is C16H12F3N5OS. The topological polar surface area (TPSA) is 83.6 Å². The third-order valence-corrected chi connectivity index (χ3v) is 4.05. The number of rotatable bonds is 5. The van der Waals surface area contributed by atoms with Crippen LogP contribution in [0.1, 0.15) is 5.56 Å². The van der Waals surface area contributed by atoms with Gasteiger partial charge in [0.15, 0.2) is 5.82 Å². The number of aromatic amines is 1. The van der Waals surface area contributed by atoms with Crippen molar-refractivity contribution in [3.63, 3.8) is 0 Å². The molecule has 26 heavy (non-hydrogen) atoms. The Morgan fingerprint density at radius 3 is 2.81 bits per heavy atom. The van der Waals surface area contributed by atoms with Crippen molar-refractivity contribution in [1.29, 1.82) is 0 Å². The maximum absolute atomic E-state index is 12.7. The second kappa shape index (κ2) is 7.56. The number of thioether (sulfide) groups is 1. The van der Waals surface area contributed by atoms with Crippen molar-refractivity contribution in [2.75, 3.05) is 11.1 Å². The summed E-state index contributed by atoms with van der Waals surface area (Å²) < 4.78 is 38.0. The lowest BCUT2D eigenvalue weighted by Gasteiger charge is -2.09. The molecule has 6 nitrogen and oxygen atoms in total. The molecule has 2 aromatic heterocycles. The van der Waals surface area contributed by atoms with Crippen LogP contribution in [-0.2, 0) is 11.0 Å². The van der Waals surface area contributed by atoms with Crippen molar-refractivity contribution >= 4 is 23.4 Å². The van der Waals surface area contributed by atoms with Crippen molar-refractivity contribution in [2.24, 2.45) is 0 Å². The number of nitrogens with one attached hydrogen (secondary N) is 2. The van der Waals surface area contributed by atoms with Gasteiger partial charge in [-0.1, -0.05) is 17.8 Å². The van der Waals surface area contributed by atoms with Crippen LogP contribution < -0.4 is 5.32 Å². The molecule has 0 atom stereocenters. The monoisotopic (exact) mass is 379 g/mol. The van der Waals surface area contributed by atoms with E-state index in [2.05, 4.69) is 25.5 Å². The number of carbonyl (C=O) groups excluding carboxylic acids is 1. The van der Waals surface area contributed by atoms with E-state index in [-0.39, 0.29) is 11.4 Å². The number of hydrogen-bond donors (Lipinski definition) is 2. The van der Waals surface area contributed by atoms with E-state index in [0.29, 0.717) is 11.0 Å². The molecule has 0 aliphatic rings. The number of nitrogens with zero attached hydrogens (tertiary/aromatic N) is 3. The molecule has 0 bridgehead atoms. The van der Waals surface area contributed by atoms with Crippen LogP contribution in [0.4, 0.5) is 18.9 Å². The lowest BCUT2D eigenvalue weighted by molar-refractivity contribution is -0.137. The van der Waals surface area contributed by atoms with E-state index in [1.807, 2.05) is 6.07 Å². The average molecular weight is 379 g/mol. The largest absolute Gasteiger partial charge is 0.416 e. The van der Waals surface area contributed by atoms with Gasteiger partial charge in [0.1, 0.15) is 0 Å². The number of halogens is 3. The first-order valence-corrected chi connectivity index (χ1v) is 8.33. The van der Waals surface area contributed by atoms with Crippen molar-refractivity contribution in [3.8, 4) is 11.4 Å². The first kappa shape index (κ1) is 17.9. The number of aromatic nitrogens is 4. The fourth-order valence-electron chi connectivity index (χ4n) is 2.04. The number of carbonyl (C=O) groups is 1. The minimum atomic E-state index is -4.46. The van der Waals surface area contributed by atoms with Gasteiger partial charge in [-0.15, -0.1) is 5.10 Å². The van der Waals surface area contributed by atoms with Gasteiger partial charge in [0.25, 0.3) is 0 Å². The molecule has 0 radical (unpaired) electrons. The molecule has 0 saturated heterocycles. The van der Waals surface area contributed by atoms with Crippen LogP contribution in [0.15, 0.2) is 53.9 Å². The highest BCUT2D eigenvalue weighted by Crippen LogP contribution is 2.30. The summed E-state index contributed by atoms with van der Waals surface area (Å²) in [5.41, 5.74) is 0.00904. The molecule has 0 spiro atoms. The molecule has 1 amide bonds. The van der Waals surface area contributed by atoms with Gasteiger partial charge in [-0.05, 0) is 30.3 Å². The SMILES string of the molecule is O=C(CSc1n[nH]c(-c2cccnc2)n1)Nc1cccc(C(F)(F)F)c1. The molecule has 0 aliphatic carbocycles. The molecule has 0 fully saturated rings. The first-order chi connectivity index (χ1) is 12.4. The Bertz CT molecular complexity index is 898. The third-order valence-electron chi connectivity index (χ3n) is 3.21. The van der Waals surface area contributed by atoms with Gasteiger partial charge in [-0.2, -0.15) is 13.2 Å². The fraction of sp³-hybridized carbons (Fsp3) is 0.125. The summed E-state index contributed by atoms with van der Waals surface area (Å²) in [7, 11) is 0. The summed E-state index contributed by atoms with van der Waals surface area (Å²) in [6.45, 7) is 0. The number of pyridine rings is 1. The van der Waals surface area contributed by atoms with Gasteiger partial charge in [0, 0.05) is 23.6 Å². The summed E-state index contributed by atoms with van der Waals surface area (Å²) in [6.07, 6.45) is -1.21. The predicted molar refractivity (Wildman–Crippen MR) is 90.4 cm³/mol. The summed E-state index contributed by atoms with van der Waals surface area (Å²) in [5.74, 6) is 0.0153. The highest BCUT2D eigenvalue weighted by Gasteiger charge is 2.30. The van der Waals surface area contributed by atoms with E-state index in [0.717, 1.165) is 29.5 Å². The number of benzene rings is 1. The van der Waals surface area contributed by atoms with Gasteiger partial charge in [0.2, 0.25) is 11.1 Å². The number of hydrogen-bond acceptors (Lipinski definition) is 5. The Labute approximate surface area is 150 Å². The van der Waals surface area contributed by atoms with Crippen LogP contribution in [0.5, 0.6) is 0 Å². The van der Waals surface area contributed by atoms with E-state index < -0.39 is 17.6 Å². The number of anilines is 1. The normalized spacial score (nSPS) is 11.3. The van der Waals surface area contributed by atoms with Crippen molar-refractivity contribution in [1.82, 2.24) is 20.2 Å². The van der Waals surface area contributed by atoms with Crippen LogP contribution >= 0.6 is 11.8 Å². The van der Waals surface area contributed by atoms with Gasteiger partial charge in [0.05, 0.1) is 11.3 Å². The van der Waals surface area contributed by atoms with Crippen molar-refractivity contribution in [3.05, 3.63) is 54.4 Å². The number of amides is 1. The van der Waals surface area contributed by atoms with E-state index in [1.165, 1.54) is 12.1 Å². The minimum absolute atomic E-state index is 0.0411. The first-order valence-electron chi connectivity index (χ1n) is 7.34. The quantitative estimate of drug-likeness (QED) is 0.662. The lowest BCUT2D eigenvalue weighted by atomic mass is 10.2. The molecular weight excluding hydrogens is 367 g/mol. The Hall–Kier alpha value is -2.88. The van der Waals surface area contributed by atoms with Crippen LogP contribution in [0.2, 0.25) is 0 Å². The molecule has 2 N–H and O–H groups in total. The maximum Gasteiger partial charge on any atom is 0.416 e. The van der Waals surface area contributed by atoms with Crippen LogP contribution in [0.3, 0.4) is 0 Å². The molecule has 0 aliphatic heterocycles. The number of alkyl halides is 3. The Morgan fingerprint density at radius 2 is 2.08 bits per heavy atom. The minimum Gasteiger partial charge on any atom is -0.325 e. The van der Waals surface area contributed by atoms with Gasteiger partial charge < -0.3 is 5.32 Å². The van der Waals surface area contributed by atoms with Gasteiger partial charge in [-0.25, -0.2) is 4.98 Å². The van der Waals surface area contributed by atoms with Crippen LogP contribution in [0.25, 0.3) is 11.4 Å². The second-order valence-corrected chi connectivity index (χ2v) is 6.07. The molecule has 0 saturated carbocycles. The van der Waals surface area contributed by atoms with Crippen molar-refractivity contribution < 1.29 is 18.0 Å². The molecule has 134 valence electrons. The predicted octanol–water partition coefficient (Wildman–Crippen LogP) is 3.62. The molecule has 3 aromatic rings. The molecule has 0 unspecified atom stereocenters. The maximum atomic E-state index is 12.7. The zero-order chi connectivity index (χ0) is 18.6. The van der Waals surface area contributed by atoms with Crippen LogP contribution in [-0.4, -0.2) is 31.8 Å². The summed E-state index contributed by atoms with van der Waals surface area (Å²) in [6, 6.07) is 8.02. The van der Waals surface area contributed by atoms with Crippen LogP contribution in [0, 0.1) is 0 Å². The lowest BCUT2D eigenvalue weighted by Crippen LogP contribution is -2.15. The highest BCUT2D eigenvalue weighted by molar-refractivity contribution is 7.99. The summed E-state index contributed by atoms with van der Waals surface area (Å²) in [4.78, 5) is 20.1. The van der Waals surface area contributed by atoms with E-state index in [9.17, 15) is 18.0 Å². The molecule has 3 rings (SSSR count). The highest BCUT2D eigenvalue weighted by atomic mass is 32.2. The summed E-state index contributed by atoms with van der Waals surface area (Å²) >= 11 is 1.06. The molecule has 10 heteroatoms. The smallest absolute Gasteiger partial charge is 0.325 e. The van der Waals surface area contributed by atoms with E-state index >= 15 is 0 Å². The van der Waals surface area contributed by atoms with Gasteiger partial charge >= 0.3 is 6.18 Å². The van der Waals surface area contributed by atoms with Gasteiger partial charge in [-0.3, -0.25) is 14.9 Å². The number of H-pyrrole nitrogens is 1. The molecule has 2 heterocycles. The molecule has 1 aromatic carbocycles. The average Bonchev–Trinajstić information content (AvgIpc) is 3.09. The van der Waals surface area contributed by atoms with Crippen molar-refractivity contribution in [2.45, 2.75) is 11.3 Å². The Balaban J connectivity index is 1.57. The summed E-state index contributed by atoms with van der Waals surface area (Å²) in [5, 5.41) is 9.51. The Morgan fingerprint density at radius 1 is 1.23 bits per heavy atom. The Kier molecular flexibility index (Phi) is 5.21. The van der Waals surface area contributed by atoms with E-state index in [4.69, 9.17) is 0 Å². The third kappa shape index (κ3) is 4.60.